The quantitative estimate of drug-likeness (QED) is 0.925. The Bertz CT molecular complexity index is 461. The standard InChI is InChI=1S/C15H21ClN2O/c1-10-2-3-11(8-13(10)16)15-14(9-17)19-7-6-18(15)12-4-5-12/h2-3,8,12,14-15H,4-7,9,17H2,1H3. The van der Waals surface area contributed by atoms with Crippen molar-refractivity contribution in [2.24, 2.45) is 5.73 Å². The molecule has 4 heteroatoms. The van der Waals surface area contributed by atoms with Gasteiger partial charge in [0.2, 0.25) is 0 Å². The van der Waals surface area contributed by atoms with Gasteiger partial charge in [-0.1, -0.05) is 23.7 Å². The van der Waals surface area contributed by atoms with Crippen LogP contribution in [0.3, 0.4) is 0 Å². The van der Waals surface area contributed by atoms with Crippen molar-refractivity contribution in [3.63, 3.8) is 0 Å². The summed E-state index contributed by atoms with van der Waals surface area (Å²) in [6.07, 6.45) is 2.67. The van der Waals surface area contributed by atoms with Gasteiger partial charge in [-0.25, -0.2) is 0 Å². The number of ether oxygens (including phenoxy) is 1. The fourth-order valence-corrected chi connectivity index (χ4v) is 3.15. The Hall–Kier alpha value is -0.610. The summed E-state index contributed by atoms with van der Waals surface area (Å²) in [6, 6.07) is 7.30. The van der Waals surface area contributed by atoms with Crippen LogP contribution in [0.1, 0.15) is 30.0 Å². The molecule has 2 atom stereocenters. The molecule has 3 nitrogen and oxygen atoms in total. The van der Waals surface area contributed by atoms with Crippen molar-refractivity contribution < 1.29 is 4.74 Å². The topological polar surface area (TPSA) is 38.5 Å². The maximum absolute atomic E-state index is 6.28. The highest BCUT2D eigenvalue weighted by Gasteiger charge is 2.40. The molecule has 1 aromatic carbocycles. The van der Waals surface area contributed by atoms with Crippen molar-refractivity contribution in [2.45, 2.75) is 38.0 Å². The molecule has 19 heavy (non-hydrogen) atoms. The molecular formula is C15H21ClN2O. The second kappa shape index (κ2) is 5.41. The van der Waals surface area contributed by atoms with E-state index >= 15 is 0 Å². The maximum Gasteiger partial charge on any atom is 0.0894 e. The third kappa shape index (κ3) is 2.65. The van der Waals surface area contributed by atoms with Crippen LogP contribution in [0.4, 0.5) is 0 Å². The normalized spacial score (nSPS) is 28.6. The van der Waals surface area contributed by atoms with Gasteiger partial charge in [0.15, 0.2) is 0 Å². The molecular weight excluding hydrogens is 260 g/mol. The molecule has 1 aliphatic heterocycles. The first-order valence-electron chi connectivity index (χ1n) is 7.04. The lowest BCUT2D eigenvalue weighted by atomic mass is 9.96. The lowest BCUT2D eigenvalue weighted by Gasteiger charge is -2.41. The average Bonchev–Trinajstić information content (AvgIpc) is 3.25. The number of nitrogens with zero attached hydrogens (tertiary/aromatic N) is 1. The zero-order chi connectivity index (χ0) is 13.4. The monoisotopic (exact) mass is 280 g/mol. The summed E-state index contributed by atoms with van der Waals surface area (Å²) in [7, 11) is 0. The first kappa shape index (κ1) is 13.4. The summed E-state index contributed by atoms with van der Waals surface area (Å²) in [5.41, 5.74) is 8.25. The first-order valence-corrected chi connectivity index (χ1v) is 7.42. The van der Waals surface area contributed by atoms with Gasteiger partial charge in [0.1, 0.15) is 0 Å². The van der Waals surface area contributed by atoms with Crippen LogP contribution < -0.4 is 5.73 Å². The molecule has 1 aliphatic carbocycles. The van der Waals surface area contributed by atoms with Crippen LogP contribution in [0, 0.1) is 6.92 Å². The Morgan fingerprint density at radius 3 is 2.84 bits per heavy atom. The van der Waals surface area contributed by atoms with Crippen LogP contribution >= 0.6 is 11.6 Å². The minimum atomic E-state index is 0.0770. The summed E-state index contributed by atoms with van der Waals surface area (Å²) in [5, 5.41) is 0.828. The van der Waals surface area contributed by atoms with Gasteiger partial charge < -0.3 is 10.5 Å². The van der Waals surface area contributed by atoms with Crippen molar-refractivity contribution in [2.75, 3.05) is 19.7 Å². The molecule has 0 amide bonds. The van der Waals surface area contributed by atoms with E-state index in [9.17, 15) is 0 Å². The molecule has 2 unspecified atom stereocenters. The molecule has 2 fully saturated rings. The smallest absolute Gasteiger partial charge is 0.0894 e. The second-order valence-electron chi connectivity index (χ2n) is 5.57. The SMILES string of the molecule is Cc1ccc(C2C(CN)OCCN2C2CC2)cc1Cl. The van der Waals surface area contributed by atoms with Gasteiger partial charge >= 0.3 is 0 Å². The van der Waals surface area contributed by atoms with Gasteiger partial charge in [-0.3, -0.25) is 4.90 Å². The highest BCUT2D eigenvalue weighted by atomic mass is 35.5. The van der Waals surface area contributed by atoms with Crippen LogP contribution in [0.15, 0.2) is 18.2 Å². The van der Waals surface area contributed by atoms with E-state index in [-0.39, 0.29) is 12.1 Å². The Labute approximate surface area is 119 Å². The number of halogens is 1. The number of nitrogens with two attached hydrogens (primary N) is 1. The molecule has 2 N–H and O–H groups in total. The fraction of sp³-hybridized carbons (Fsp3) is 0.600. The third-order valence-electron chi connectivity index (χ3n) is 4.18. The fourth-order valence-electron chi connectivity index (χ4n) is 2.97. The molecule has 0 aromatic heterocycles. The Morgan fingerprint density at radius 2 is 2.21 bits per heavy atom. The summed E-state index contributed by atoms with van der Waals surface area (Å²) in [4.78, 5) is 2.56. The minimum Gasteiger partial charge on any atom is -0.374 e. The highest BCUT2D eigenvalue weighted by molar-refractivity contribution is 6.31. The van der Waals surface area contributed by atoms with Crippen molar-refractivity contribution in [3.05, 3.63) is 34.3 Å². The van der Waals surface area contributed by atoms with Crippen molar-refractivity contribution in [1.82, 2.24) is 4.90 Å². The maximum atomic E-state index is 6.28. The number of morpholine rings is 1. The zero-order valence-corrected chi connectivity index (χ0v) is 12.1. The van der Waals surface area contributed by atoms with E-state index in [4.69, 9.17) is 22.1 Å². The van der Waals surface area contributed by atoms with Crippen LogP contribution in [0.2, 0.25) is 5.02 Å². The molecule has 1 saturated heterocycles. The summed E-state index contributed by atoms with van der Waals surface area (Å²) in [5.74, 6) is 0. The first-order chi connectivity index (χ1) is 9.20. The predicted octanol–water partition coefficient (Wildman–Crippen LogP) is 2.51. The number of benzene rings is 1. The molecule has 0 radical (unpaired) electrons. The number of aryl methyl sites for hydroxylation is 1. The molecule has 0 spiro atoms. The van der Waals surface area contributed by atoms with Crippen LogP contribution in [0.5, 0.6) is 0 Å². The molecule has 104 valence electrons. The van der Waals surface area contributed by atoms with E-state index in [2.05, 4.69) is 23.1 Å². The molecule has 2 aliphatic rings. The van der Waals surface area contributed by atoms with Gasteiger partial charge in [-0.15, -0.1) is 0 Å². The molecule has 1 aromatic rings. The predicted molar refractivity (Wildman–Crippen MR) is 77.5 cm³/mol. The lowest BCUT2D eigenvalue weighted by molar-refractivity contribution is -0.0712. The Kier molecular flexibility index (Phi) is 3.81. The van der Waals surface area contributed by atoms with Crippen molar-refractivity contribution in [1.29, 1.82) is 0 Å². The van der Waals surface area contributed by atoms with Gasteiger partial charge in [-0.05, 0) is 37.0 Å². The molecule has 3 rings (SSSR count). The lowest BCUT2D eigenvalue weighted by Crippen LogP contribution is -2.49. The summed E-state index contributed by atoms with van der Waals surface area (Å²) in [6.45, 7) is 4.37. The number of hydrogen-bond acceptors (Lipinski definition) is 3. The number of hydrogen-bond donors (Lipinski definition) is 1. The van der Waals surface area contributed by atoms with E-state index in [0.29, 0.717) is 12.6 Å². The van der Waals surface area contributed by atoms with E-state index < -0.39 is 0 Å². The van der Waals surface area contributed by atoms with E-state index in [1.54, 1.807) is 0 Å². The summed E-state index contributed by atoms with van der Waals surface area (Å²) < 4.78 is 5.86. The van der Waals surface area contributed by atoms with Crippen molar-refractivity contribution >= 4 is 11.6 Å². The van der Waals surface area contributed by atoms with E-state index in [0.717, 1.165) is 23.7 Å². The third-order valence-corrected chi connectivity index (χ3v) is 4.58. The van der Waals surface area contributed by atoms with Gasteiger partial charge in [0, 0.05) is 24.2 Å². The van der Waals surface area contributed by atoms with Crippen molar-refractivity contribution in [3.8, 4) is 0 Å². The summed E-state index contributed by atoms with van der Waals surface area (Å²) >= 11 is 6.28. The number of rotatable bonds is 3. The largest absolute Gasteiger partial charge is 0.374 e. The highest BCUT2D eigenvalue weighted by Crippen LogP contribution is 2.39. The average molecular weight is 281 g/mol. The molecule has 0 bridgehead atoms. The molecule has 1 saturated carbocycles. The van der Waals surface area contributed by atoms with E-state index in [1.165, 1.54) is 18.4 Å². The molecule has 1 heterocycles. The van der Waals surface area contributed by atoms with Gasteiger partial charge in [0.05, 0.1) is 18.8 Å². The second-order valence-corrected chi connectivity index (χ2v) is 5.97. The Morgan fingerprint density at radius 1 is 1.42 bits per heavy atom. The van der Waals surface area contributed by atoms with Gasteiger partial charge in [-0.2, -0.15) is 0 Å². The van der Waals surface area contributed by atoms with Gasteiger partial charge in [0.25, 0.3) is 0 Å². The zero-order valence-electron chi connectivity index (χ0n) is 11.3. The van der Waals surface area contributed by atoms with Crippen LogP contribution in [0.25, 0.3) is 0 Å². The Balaban J connectivity index is 1.93. The van der Waals surface area contributed by atoms with Crippen LogP contribution in [-0.2, 0) is 4.74 Å². The minimum absolute atomic E-state index is 0.0770. The van der Waals surface area contributed by atoms with E-state index in [1.807, 2.05) is 6.92 Å². The van der Waals surface area contributed by atoms with Crippen LogP contribution in [-0.4, -0.2) is 36.7 Å².